The lowest BCUT2D eigenvalue weighted by Crippen LogP contribution is -2.10. The van der Waals surface area contributed by atoms with Crippen molar-refractivity contribution < 1.29 is 21.6 Å². The second-order valence-electron chi connectivity index (χ2n) is 5.33. The summed E-state index contributed by atoms with van der Waals surface area (Å²) in [5.41, 5.74) is 0.633. The van der Waals surface area contributed by atoms with Crippen molar-refractivity contribution in [1.82, 2.24) is 9.97 Å². The number of pyridine rings is 1. The molecule has 0 aliphatic carbocycles. The summed E-state index contributed by atoms with van der Waals surface area (Å²) in [6.07, 6.45) is -0.813. The molecule has 1 aromatic carbocycles. The molecule has 3 aromatic rings. The predicted octanol–water partition coefficient (Wildman–Crippen LogP) is 3.86. The van der Waals surface area contributed by atoms with Crippen molar-refractivity contribution >= 4 is 38.0 Å². The minimum absolute atomic E-state index is 0.119. The van der Waals surface area contributed by atoms with Crippen molar-refractivity contribution in [3.63, 3.8) is 0 Å². The second-order valence-corrected chi connectivity index (χ2v) is 7.94. The van der Waals surface area contributed by atoms with E-state index >= 15 is 0 Å². The van der Waals surface area contributed by atoms with Crippen molar-refractivity contribution in [2.45, 2.75) is 13.1 Å². The van der Waals surface area contributed by atoms with Gasteiger partial charge in [0.05, 0.1) is 17.5 Å². The van der Waals surface area contributed by atoms with E-state index in [4.69, 9.17) is 0 Å². The van der Waals surface area contributed by atoms with E-state index in [0.29, 0.717) is 27.7 Å². The van der Waals surface area contributed by atoms with Gasteiger partial charge >= 0.3 is 6.18 Å². The third-order valence-electron chi connectivity index (χ3n) is 3.38. The van der Waals surface area contributed by atoms with Gasteiger partial charge in [0.25, 0.3) is 0 Å². The minimum Gasteiger partial charge on any atom is -0.283 e. The van der Waals surface area contributed by atoms with Crippen LogP contribution in [0, 0.1) is 13.1 Å². The molecule has 3 rings (SSSR count). The summed E-state index contributed by atoms with van der Waals surface area (Å²) in [5, 5.41) is 1.53. The molecule has 0 saturated heterocycles. The Labute approximate surface area is 145 Å². The predicted molar refractivity (Wildman–Crippen MR) is 89.9 cm³/mol. The molecule has 1 radical (unpaired) electrons. The Balaban J connectivity index is 2.20. The summed E-state index contributed by atoms with van der Waals surface area (Å²) in [4.78, 5) is 7.71. The van der Waals surface area contributed by atoms with Crippen LogP contribution in [0.5, 0.6) is 0 Å². The Bertz CT molecular complexity index is 1060. The average Bonchev–Trinajstić information content (AvgIpc) is 2.95. The van der Waals surface area contributed by atoms with Crippen LogP contribution >= 0.6 is 11.3 Å². The molecule has 131 valence electrons. The Hall–Kier alpha value is -2.20. The first kappa shape index (κ1) is 17.6. The SMILES string of the molecule is Cc1c(-c2nc(C(F)(F)F)cs2)[c]nc2cccc(NS(C)(=O)=O)c12. The van der Waals surface area contributed by atoms with Gasteiger partial charge < -0.3 is 0 Å². The number of nitrogens with one attached hydrogen (secondary N) is 1. The molecule has 0 aliphatic heterocycles. The quantitative estimate of drug-likeness (QED) is 0.742. The summed E-state index contributed by atoms with van der Waals surface area (Å²) in [6, 6.07) is 4.85. The molecule has 0 bridgehead atoms. The molecule has 25 heavy (non-hydrogen) atoms. The average molecular weight is 386 g/mol. The number of alkyl halides is 3. The lowest BCUT2D eigenvalue weighted by Gasteiger charge is -2.12. The standard InChI is InChI=1S/C15H11F3N3O2S2/c1-8-9(14-20-12(7-24-14)15(16,17)18)6-19-10-4-3-5-11(13(8)10)21-25(2,22)23/h3-5,7,21H,1-2H3. The molecular formula is C15H11F3N3O2S2. The highest BCUT2D eigenvalue weighted by Crippen LogP contribution is 2.37. The van der Waals surface area contributed by atoms with Crippen molar-refractivity contribution in [2.24, 2.45) is 0 Å². The first-order valence-electron chi connectivity index (χ1n) is 6.88. The topological polar surface area (TPSA) is 72.0 Å². The molecule has 0 unspecified atom stereocenters. The highest BCUT2D eigenvalue weighted by atomic mass is 32.2. The Morgan fingerprint density at radius 2 is 2.00 bits per heavy atom. The zero-order valence-corrected chi connectivity index (χ0v) is 14.6. The Kier molecular flexibility index (Phi) is 4.20. The van der Waals surface area contributed by atoms with E-state index in [1.54, 1.807) is 25.1 Å². The van der Waals surface area contributed by atoms with Crippen LogP contribution in [0.1, 0.15) is 11.3 Å². The normalized spacial score (nSPS) is 12.5. The smallest absolute Gasteiger partial charge is 0.283 e. The first-order valence-corrected chi connectivity index (χ1v) is 9.65. The van der Waals surface area contributed by atoms with Gasteiger partial charge in [0.1, 0.15) is 11.2 Å². The van der Waals surface area contributed by atoms with Gasteiger partial charge in [-0.2, -0.15) is 13.2 Å². The molecular weight excluding hydrogens is 375 g/mol. The molecule has 2 aromatic heterocycles. The highest BCUT2D eigenvalue weighted by molar-refractivity contribution is 7.92. The fraction of sp³-hybridized carbons (Fsp3) is 0.200. The van der Waals surface area contributed by atoms with E-state index in [1.807, 2.05) is 0 Å². The number of aryl methyl sites for hydroxylation is 1. The maximum Gasteiger partial charge on any atom is 0.434 e. The zero-order chi connectivity index (χ0) is 18.4. The van der Waals surface area contributed by atoms with Gasteiger partial charge in [-0.1, -0.05) is 6.07 Å². The number of rotatable bonds is 3. The number of hydrogen-bond donors (Lipinski definition) is 1. The van der Waals surface area contributed by atoms with Crippen LogP contribution in [0.2, 0.25) is 0 Å². The van der Waals surface area contributed by atoms with E-state index in [9.17, 15) is 21.6 Å². The second kappa shape index (κ2) is 5.95. The van der Waals surface area contributed by atoms with Crippen molar-refractivity contribution in [2.75, 3.05) is 11.0 Å². The first-order chi connectivity index (χ1) is 11.6. The molecule has 2 heterocycles. The van der Waals surface area contributed by atoms with Crippen LogP contribution in [0.3, 0.4) is 0 Å². The lowest BCUT2D eigenvalue weighted by molar-refractivity contribution is -0.140. The molecule has 0 aliphatic rings. The molecule has 1 N–H and O–H groups in total. The number of anilines is 1. The van der Waals surface area contributed by atoms with Gasteiger partial charge in [0.2, 0.25) is 10.0 Å². The highest BCUT2D eigenvalue weighted by Gasteiger charge is 2.34. The van der Waals surface area contributed by atoms with Crippen LogP contribution in [-0.2, 0) is 16.2 Å². The summed E-state index contributed by atoms with van der Waals surface area (Å²) >= 11 is 0.830. The molecule has 10 heteroatoms. The number of benzene rings is 1. The van der Waals surface area contributed by atoms with Gasteiger partial charge in [-0.15, -0.1) is 11.3 Å². The molecule has 0 saturated carbocycles. The van der Waals surface area contributed by atoms with E-state index in [2.05, 4.69) is 20.9 Å². The number of thiazole rings is 1. The number of nitrogens with zero attached hydrogens (tertiary/aromatic N) is 2. The largest absolute Gasteiger partial charge is 0.434 e. The van der Waals surface area contributed by atoms with Crippen LogP contribution in [0.15, 0.2) is 23.6 Å². The van der Waals surface area contributed by atoms with Crippen LogP contribution in [-0.4, -0.2) is 24.6 Å². The molecule has 0 atom stereocenters. The van der Waals surface area contributed by atoms with Gasteiger partial charge in [0.15, 0.2) is 5.69 Å². The Morgan fingerprint density at radius 3 is 2.60 bits per heavy atom. The van der Waals surface area contributed by atoms with Crippen LogP contribution in [0.25, 0.3) is 21.5 Å². The fourth-order valence-electron chi connectivity index (χ4n) is 2.36. The fourth-order valence-corrected chi connectivity index (χ4v) is 3.81. The molecule has 5 nitrogen and oxygen atoms in total. The summed E-state index contributed by atoms with van der Waals surface area (Å²) in [5.74, 6) is 0. The number of aromatic nitrogens is 2. The monoisotopic (exact) mass is 386 g/mol. The van der Waals surface area contributed by atoms with E-state index < -0.39 is 21.9 Å². The van der Waals surface area contributed by atoms with E-state index in [1.165, 1.54) is 0 Å². The van der Waals surface area contributed by atoms with Crippen LogP contribution < -0.4 is 4.72 Å². The number of fused-ring (bicyclic) bond motifs is 1. The van der Waals surface area contributed by atoms with Crippen molar-refractivity contribution in [3.05, 3.63) is 41.0 Å². The molecule has 0 spiro atoms. The number of sulfonamides is 1. The van der Waals surface area contributed by atoms with E-state index in [0.717, 1.165) is 23.0 Å². The van der Waals surface area contributed by atoms with Gasteiger partial charge in [-0.05, 0) is 24.6 Å². The minimum atomic E-state index is -4.53. The van der Waals surface area contributed by atoms with Crippen molar-refractivity contribution in [1.29, 1.82) is 0 Å². The molecule has 0 fully saturated rings. The van der Waals surface area contributed by atoms with Gasteiger partial charge in [-0.3, -0.25) is 4.72 Å². The summed E-state index contributed by atoms with van der Waals surface area (Å²) in [7, 11) is -3.53. The third-order valence-corrected chi connectivity index (χ3v) is 4.83. The number of halogens is 3. The van der Waals surface area contributed by atoms with Gasteiger partial charge in [0, 0.05) is 16.3 Å². The zero-order valence-electron chi connectivity index (χ0n) is 13.0. The molecule has 0 amide bonds. The maximum absolute atomic E-state index is 12.8. The van der Waals surface area contributed by atoms with Crippen molar-refractivity contribution in [3.8, 4) is 10.6 Å². The van der Waals surface area contributed by atoms with Gasteiger partial charge in [-0.25, -0.2) is 18.4 Å². The lowest BCUT2D eigenvalue weighted by atomic mass is 10.0. The van der Waals surface area contributed by atoms with E-state index in [-0.39, 0.29) is 5.01 Å². The maximum atomic E-state index is 12.8. The summed E-state index contributed by atoms with van der Waals surface area (Å²) < 4.78 is 63.8. The Morgan fingerprint density at radius 1 is 1.28 bits per heavy atom. The number of hydrogen-bond acceptors (Lipinski definition) is 5. The third kappa shape index (κ3) is 3.59. The summed E-state index contributed by atoms with van der Waals surface area (Å²) in [6.45, 7) is 1.66. The van der Waals surface area contributed by atoms with Crippen LogP contribution in [0.4, 0.5) is 18.9 Å².